The Hall–Kier alpha value is -0.695. The van der Waals surface area contributed by atoms with Crippen molar-refractivity contribution in [2.24, 2.45) is 0 Å². The number of hydrogen-bond acceptors (Lipinski definition) is 2. The second-order valence-corrected chi connectivity index (χ2v) is 2.83. The van der Waals surface area contributed by atoms with E-state index < -0.39 is 31.3 Å². The van der Waals surface area contributed by atoms with Gasteiger partial charge in [0.2, 0.25) is 0 Å². The number of hydrogen-bond donors (Lipinski definition) is 0. The van der Waals surface area contributed by atoms with Crippen molar-refractivity contribution in [2.45, 2.75) is 31.3 Å². The van der Waals surface area contributed by atoms with Crippen LogP contribution in [0.5, 0.6) is 0 Å². The molecule has 0 rings (SSSR count). The zero-order chi connectivity index (χ0) is 12.9. The second kappa shape index (κ2) is 6.14. The van der Waals surface area contributed by atoms with Gasteiger partial charge in [-0.2, -0.15) is 0 Å². The van der Waals surface area contributed by atoms with E-state index in [0.717, 1.165) is 7.85 Å². The van der Waals surface area contributed by atoms with E-state index in [1.807, 2.05) is 0 Å². The zero-order valence-electron chi connectivity index (χ0n) is 8.18. The van der Waals surface area contributed by atoms with Crippen LogP contribution < -0.4 is 0 Å². The third kappa shape index (κ3) is 4.89. The van der Waals surface area contributed by atoms with Crippen molar-refractivity contribution in [3.63, 3.8) is 0 Å². The second-order valence-electron chi connectivity index (χ2n) is 2.83. The molecule has 2 atom stereocenters. The van der Waals surface area contributed by atoms with Crippen LogP contribution in [0.3, 0.4) is 0 Å². The molecule has 0 bridgehead atoms. The van der Waals surface area contributed by atoms with Crippen molar-refractivity contribution in [3.8, 4) is 0 Å². The van der Waals surface area contributed by atoms with Crippen molar-refractivity contribution in [1.82, 2.24) is 0 Å². The summed E-state index contributed by atoms with van der Waals surface area (Å²) in [6.07, 6.45) is -12.6. The molecule has 0 aliphatic heterocycles. The normalized spacial score (nSPS) is 19.5. The molecule has 0 aromatic rings. The molecule has 0 N–H and O–H groups in total. The van der Waals surface area contributed by atoms with Crippen LogP contribution in [0, 0.1) is 0 Å². The zero-order valence-corrected chi connectivity index (χ0v) is 8.18. The largest absolute Gasteiger partial charge is 0.316 e. The topological polar surface area (TPSA) is 18.5 Å². The van der Waals surface area contributed by atoms with Crippen LogP contribution in [-0.2, 0) is 9.47 Å². The molecule has 16 heavy (non-hydrogen) atoms. The molecule has 0 aromatic heterocycles. The van der Waals surface area contributed by atoms with Crippen LogP contribution in [-0.4, -0.2) is 39.1 Å². The Kier molecular flexibility index (Phi) is 5.88. The van der Waals surface area contributed by atoms with Crippen molar-refractivity contribution >= 4 is 7.85 Å². The quantitative estimate of drug-likeness (QED) is 0.296. The highest BCUT2D eigenvalue weighted by atomic mass is 19.3. The lowest BCUT2D eigenvalue weighted by Gasteiger charge is -2.29. The number of alkyl halides is 6. The maximum atomic E-state index is 12.4. The lowest BCUT2D eigenvalue weighted by molar-refractivity contribution is -0.287. The summed E-state index contributed by atoms with van der Waals surface area (Å²) in [5.41, 5.74) is -2.40. The summed E-state index contributed by atoms with van der Waals surface area (Å²) in [6, 6.07) is 0. The SMILES string of the molecule is BC(C=C)(OC(F)C(F)F)OC(F)C(F)F. The summed E-state index contributed by atoms with van der Waals surface area (Å²) >= 11 is 0. The van der Waals surface area contributed by atoms with E-state index in [-0.39, 0.29) is 0 Å². The van der Waals surface area contributed by atoms with Gasteiger partial charge in [-0.25, -0.2) is 26.3 Å². The van der Waals surface area contributed by atoms with E-state index in [9.17, 15) is 26.3 Å². The van der Waals surface area contributed by atoms with Gasteiger partial charge in [0, 0.05) is 0 Å². The minimum atomic E-state index is -3.51. The molecule has 0 saturated heterocycles. The molecule has 0 heterocycles. The van der Waals surface area contributed by atoms with Crippen molar-refractivity contribution < 1.29 is 35.8 Å². The van der Waals surface area contributed by atoms with E-state index >= 15 is 0 Å². The molecule has 2 nitrogen and oxygen atoms in total. The molecule has 0 aromatic carbocycles. The van der Waals surface area contributed by atoms with Gasteiger partial charge in [0.05, 0.1) is 0 Å². The van der Waals surface area contributed by atoms with Gasteiger partial charge in [0.1, 0.15) is 0 Å². The molecule has 0 radical (unpaired) electrons. The minimum Gasteiger partial charge on any atom is -0.316 e. The third-order valence-corrected chi connectivity index (χ3v) is 1.46. The fourth-order valence-electron chi connectivity index (χ4n) is 0.674. The van der Waals surface area contributed by atoms with E-state index in [4.69, 9.17) is 0 Å². The van der Waals surface area contributed by atoms with Crippen LogP contribution >= 0.6 is 0 Å². The van der Waals surface area contributed by atoms with Gasteiger partial charge >= 0.3 is 0 Å². The van der Waals surface area contributed by atoms with Crippen LogP contribution in [0.15, 0.2) is 12.7 Å². The van der Waals surface area contributed by atoms with Gasteiger partial charge in [0.25, 0.3) is 25.6 Å². The highest BCUT2D eigenvalue weighted by Crippen LogP contribution is 2.22. The number of rotatable bonds is 7. The van der Waals surface area contributed by atoms with E-state index in [2.05, 4.69) is 16.1 Å². The molecular weight excluding hydrogens is 241 g/mol. The molecular formula is C7H9BF6O2. The fraction of sp³-hybridized carbons (Fsp3) is 0.714. The van der Waals surface area contributed by atoms with E-state index in [1.54, 1.807) is 0 Å². The smallest absolute Gasteiger partial charge is 0.293 e. The Bertz CT molecular complexity index is 211. The van der Waals surface area contributed by atoms with Gasteiger partial charge < -0.3 is 9.47 Å². The first-order valence-corrected chi connectivity index (χ1v) is 4.05. The maximum absolute atomic E-state index is 12.4. The predicted molar refractivity (Wildman–Crippen MR) is 45.4 cm³/mol. The molecule has 0 spiro atoms. The summed E-state index contributed by atoms with van der Waals surface area (Å²) < 4.78 is 79.8. The van der Waals surface area contributed by atoms with Crippen molar-refractivity contribution in [3.05, 3.63) is 12.7 Å². The predicted octanol–water partition coefficient (Wildman–Crippen LogP) is 1.61. The molecule has 2 unspecified atom stereocenters. The molecule has 94 valence electrons. The van der Waals surface area contributed by atoms with E-state index in [1.165, 1.54) is 0 Å². The Labute approximate surface area is 88.6 Å². The average molecular weight is 250 g/mol. The molecule has 0 aliphatic rings. The summed E-state index contributed by atoms with van der Waals surface area (Å²) in [6.45, 7) is 2.98. The summed E-state index contributed by atoms with van der Waals surface area (Å²) in [5, 5.41) is 0. The lowest BCUT2D eigenvalue weighted by Crippen LogP contribution is -2.42. The number of halogens is 6. The first-order chi connectivity index (χ1) is 7.22. The average Bonchev–Trinajstić information content (AvgIpc) is 2.17. The molecule has 0 aliphatic carbocycles. The number of ether oxygens (including phenoxy) is 2. The minimum absolute atomic E-state index is 0.594. The van der Waals surface area contributed by atoms with Gasteiger partial charge in [-0.15, -0.1) is 0 Å². The molecule has 0 amide bonds. The molecule has 0 saturated carbocycles. The van der Waals surface area contributed by atoms with Crippen LogP contribution in [0.4, 0.5) is 26.3 Å². The van der Waals surface area contributed by atoms with Crippen LogP contribution in [0.1, 0.15) is 0 Å². The van der Waals surface area contributed by atoms with Crippen LogP contribution in [0.25, 0.3) is 0 Å². The standard InChI is InChI=1S/C7H9BF6O2/c1-2-7(8,15-5(13)3(9)10)16-6(14)4(11)12/h2-6H,1,8H2. The summed E-state index contributed by atoms with van der Waals surface area (Å²) in [4.78, 5) is 0. The van der Waals surface area contributed by atoms with Crippen molar-refractivity contribution in [1.29, 1.82) is 0 Å². The highest BCUT2D eigenvalue weighted by Gasteiger charge is 2.36. The monoisotopic (exact) mass is 250 g/mol. The molecule has 0 fully saturated rings. The van der Waals surface area contributed by atoms with E-state index in [0.29, 0.717) is 6.08 Å². The Balaban J connectivity index is 4.47. The Morgan fingerprint density at radius 1 is 0.938 bits per heavy atom. The van der Waals surface area contributed by atoms with Gasteiger partial charge in [0.15, 0.2) is 13.5 Å². The fourth-order valence-corrected chi connectivity index (χ4v) is 0.674. The van der Waals surface area contributed by atoms with Crippen LogP contribution in [0.2, 0.25) is 0 Å². The molecule has 9 heteroatoms. The Morgan fingerprint density at radius 2 is 1.25 bits per heavy atom. The van der Waals surface area contributed by atoms with Gasteiger partial charge in [-0.05, 0) is 6.08 Å². The first-order valence-electron chi connectivity index (χ1n) is 4.05. The van der Waals surface area contributed by atoms with Crippen molar-refractivity contribution in [2.75, 3.05) is 0 Å². The van der Waals surface area contributed by atoms with Gasteiger partial charge in [-0.3, -0.25) is 0 Å². The van der Waals surface area contributed by atoms with Gasteiger partial charge in [-0.1, -0.05) is 6.58 Å². The third-order valence-electron chi connectivity index (χ3n) is 1.46. The Morgan fingerprint density at radius 3 is 1.44 bits per heavy atom. The summed E-state index contributed by atoms with van der Waals surface area (Å²) in [5.74, 6) is 0. The summed E-state index contributed by atoms with van der Waals surface area (Å²) in [7, 11) is 0.782. The first kappa shape index (κ1) is 15.3. The highest BCUT2D eigenvalue weighted by molar-refractivity contribution is 6.14. The maximum Gasteiger partial charge on any atom is 0.293 e. The lowest BCUT2D eigenvalue weighted by atomic mass is 9.94.